The summed E-state index contributed by atoms with van der Waals surface area (Å²) in [5.41, 5.74) is 0.922. The average Bonchev–Trinajstić information content (AvgIpc) is 2.87. The normalized spacial score (nSPS) is 10.4. The van der Waals surface area contributed by atoms with E-state index in [1.165, 1.54) is 29.6 Å². The number of ketones is 1. The van der Waals surface area contributed by atoms with Crippen LogP contribution in [0.1, 0.15) is 36.8 Å². The third-order valence-corrected chi connectivity index (χ3v) is 4.60. The Hall–Kier alpha value is -1.53. The summed E-state index contributed by atoms with van der Waals surface area (Å²) in [5, 5.41) is 3.33. The first-order chi connectivity index (χ1) is 8.47. The van der Waals surface area contributed by atoms with Gasteiger partial charge in [0.05, 0.1) is 15.4 Å². The van der Waals surface area contributed by atoms with Crippen molar-refractivity contribution < 1.29 is 9.59 Å². The fourth-order valence-electron chi connectivity index (χ4n) is 1.33. The Morgan fingerprint density at radius 2 is 1.83 bits per heavy atom. The molecule has 1 N–H and O–H groups in total. The number of anilines is 1. The van der Waals surface area contributed by atoms with E-state index < -0.39 is 0 Å². The van der Waals surface area contributed by atoms with Crippen LogP contribution in [0.25, 0.3) is 0 Å². The van der Waals surface area contributed by atoms with Crippen molar-refractivity contribution >= 4 is 39.5 Å². The van der Waals surface area contributed by atoms with Crippen molar-refractivity contribution in [2.45, 2.75) is 20.8 Å². The Kier molecular flexibility index (Phi) is 3.58. The minimum absolute atomic E-state index is 0.0278. The summed E-state index contributed by atoms with van der Waals surface area (Å²) >= 11 is 2.64. The molecule has 0 aliphatic heterocycles. The van der Waals surface area contributed by atoms with Gasteiger partial charge < -0.3 is 0 Å². The molecule has 2 aromatic rings. The maximum atomic E-state index is 11.9. The van der Waals surface area contributed by atoms with Gasteiger partial charge in [-0.2, -0.15) is 0 Å². The number of nitrogens with one attached hydrogen (secondary N) is 1. The van der Waals surface area contributed by atoms with Crippen molar-refractivity contribution in [2.75, 3.05) is 5.32 Å². The van der Waals surface area contributed by atoms with Crippen LogP contribution in [0, 0.1) is 13.8 Å². The van der Waals surface area contributed by atoms with Crippen LogP contribution in [0.15, 0.2) is 12.1 Å². The number of hydrogen-bond acceptors (Lipinski definition) is 5. The molecule has 0 unspecified atom stereocenters. The zero-order valence-corrected chi connectivity index (χ0v) is 11.9. The van der Waals surface area contributed by atoms with Gasteiger partial charge in [0.25, 0.3) is 5.91 Å². The van der Waals surface area contributed by atoms with E-state index in [-0.39, 0.29) is 11.7 Å². The number of thiazole rings is 1. The van der Waals surface area contributed by atoms with Crippen molar-refractivity contribution in [3.8, 4) is 0 Å². The first-order valence-corrected chi connectivity index (χ1v) is 6.97. The molecule has 0 aromatic carbocycles. The van der Waals surface area contributed by atoms with E-state index in [0.29, 0.717) is 14.9 Å². The molecule has 2 rings (SSSR count). The molecule has 0 atom stereocenters. The molecular formula is C12H12N2O2S2. The number of Topliss-reactive ketones (excluding diaryl/α,β-unsaturated/α-hetero) is 1. The minimum atomic E-state index is -0.221. The third kappa shape index (κ3) is 2.65. The van der Waals surface area contributed by atoms with Gasteiger partial charge in [0.15, 0.2) is 10.9 Å². The number of carbonyl (C=O) groups is 2. The summed E-state index contributed by atoms with van der Waals surface area (Å²) in [5.74, 6) is -0.249. The van der Waals surface area contributed by atoms with Crippen LogP contribution < -0.4 is 5.32 Å². The van der Waals surface area contributed by atoms with E-state index in [1.54, 1.807) is 12.1 Å². The number of aromatic nitrogens is 1. The molecule has 18 heavy (non-hydrogen) atoms. The molecule has 2 heterocycles. The Balaban J connectivity index is 2.14. The van der Waals surface area contributed by atoms with Crippen LogP contribution in [-0.4, -0.2) is 16.7 Å². The van der Waals surface area contributed by atoms with Crippen LogP contribution in [-0.2, 0) is 0 Å². The molecule has 0 radical (unpaired) electrons. The summed E-state index contributed by atoms with van der Waals surface area (Å²) < 4.78 is 0. The molecule has 0 saturated heterocycles. The third-order valence-electron chi connectivity index (χ3n) is 2.43. The van der Waals surface area contributed by atoms with Crippen LogP contribution in [0.4, 0.5) is 5.13 Å². The molecule has 4 nitrogen and oxygen atoms in total. The number of hydrogen-bond donors (Lipinski definition) is 1. The zero-order chi connectivity index (χ0) is 13.3. The maximum absolute atomic E-state index is 11.9. The summed E-state index contributed by atoms with van der Waals surface area (Å²) in [6.07, 6.45) is 0. The SMILES string of the molecule is CC(=O)c1ccc(C(=O)Nc2nc(C)c(C)s2)s1. The van der Waals surface area contributed by atoms with Gasteiger partial charge in [0.2, 0.25) is 0 Å². The average molecular weight is 280 g/mol. The maximum Gasteiger partial charge on any atom is 0.267 e. The largest absolute Gasteiger partial charge is 0.297 e. The van der Waals surface area contributed by atoms with Crippen LogP contribution >= 0.6 is 22.7 Å². The monoisotopic (exact) mass is 280 g/mol. The fourth-order valence-corrected chi connectivity index (χ4v) is 2.94. The van der Waals surface area contributed by atoms with E-state index in [2.05, 4.69) is 10.3 Å². The Morgan fingerprint density at radius 3 is 2.33 bits per heavy atom. The summed E-state index contributed by atoms with van der Waals surface area (Å²) in [6, 6.07) is 3.32. The molecule has 2 aromatic heterocycles. The summed E-state index contributed by atoms with van der Waals surface area (Å²) in [7, 11) is 0. The van der Waals surface area contributed by atoms with Gasteiger partial charge in [-0.3, -0.25) is 14.9 Å². The smallest absolute Gasteiger partial charge is 0.267 e. The molecule has 0 fully saturated rings. The number of aryl methyl sites for hydroxylation is 2. The zero-order valence-electron chi connectivity index (χ0n) is 10.2. The van der Waals surface area contributed by atoms with E-state index in [0.717, 1.165) is 10.6 Å². The topological polar surface area (TPSA) is 59.1 Å². The van der Waals surface area contributed by atoms with E-state index in [4.69, 9.17) is 0 Å². The van der Waals surface area contributed by atoms with Crippen molar-refractivity contribution in [3.05, 3.63) is 32.5 Å². The summed E-state index contributed by atoms with van der Waals surface area (Å²) in [4.78, 5) is 29.5. The standard InChI is InChI=1S/C12H12N2O2S2/c1-6-8(3)17-12(13-6)14-11(16)10-5-4-9(18-10)7(2)15/h4-5H,1-3H3,(H,13,14,16). The van der Waals surface area contributed by atoms with Gasteiger partial charge in [-0.1, -0.05) is 0 Å². The second-order valence-electron chi connectivity index (χ2n) is 3.83. The number of amides is 1. The Morgan fingerprint density at radius 1 is 1.17 bits per heavy atom. The fraction of sp³-hybridized carbons (Fsp3) is 0.250. The second-order valence-corrected chi connectivity index (χ2v) is 6.12. The van der Waals surface area contributed by atoms with Crippen molar-refractivity contribution in [1.82, 2.24) is 4.98 Å². The number of thiophene rings is 1. The lowest BCUT2D eigenvalue weighted by Crippen LogP contribution is -2.09. The first kappa shape index (κ1) is 12.9. The predicted molar refractivity (Wildman–Crippen MR) is 73.9 cm³/mol. The van der Waals surface area contributed by atoms with Crippen LogP contribution in [0.2, 0.25) is 0 Å². The van der Waals surface area contributed by atoms with Crippen LogP contribution in [0.5, 0.6) is 0 Å². The molecular weight excluding hydrogens is 268 g/mol. The van der Waals surface area contributed by atoms with E-state index in [1.807, 2.05) is 13.8 Å². The molecule has 0 spiro atoms. The minimum Gasteiger partial charge on any atom is -0.297 e. The van der Waals surface area contributed by atoms with Crippen molar-refractivity contribution in [1.29, 1.82) is 0 Å². The van der Waals surface area contributed by atoms with Crippen molar-refractivity contribution in [2.24, 2.45) is 0 Å². The molecule has 0 aliphatic carbocycles. The lowest BCUT2D eigenvalue weighted by Gasteiger charge is -1.97. The first-order valence-electron chi connectivity index (χ1n) is 5.33. The van der Waals surface area contributed by atoms with Gasteiger partial charge in [-0.15, -0.1) is 22.7 Å². The number of rotatable bonds is 3. The second kappa shape index (κ2) is 4.99. The predicted octanol–water partition coefficient (Wildman–Crippen LogP) is 3.28. The summed E-state index contributed by atoms with van der Waals surface area (Å²) in [6.45, 7) is 5.35. The van der Waals surface area contributed by atoms with Gasteiger partial charge in [-0.25, -0.2) is 4.98 Å². The molecule has 0 aliphatic rings. The molecule has 6 heteroatoms. The Bertz CT molecular complexity index is 594. The molecule has 0 bridgehead atoms. The lowest BCUT2D eigenvalue weighted by molar-refractivity contribution is 0.101. The molecule has 1 amide bonds. The Labute approximate surface area is 113 Å². The highest BCUT2D eigenvalue weighted by Gasteiger charge is 2.13. The highest BCUT2D eigenvalue weighted by Crippen LogP contribution is 2.23. The van der Waals surface area contributed by atoms with E-state index >= 15 is 0 Å². The number of carbonyl (C=O) groups excluding carboxylic acids is 2. The lowest BCUT2D eigenvalue weighted by atomic mass is 10.3. The quantitative estimate of drug-likeness (QED) is 0.878. The van der Waals surface area contributed by atoms with Crippen molar-refractivity contribution in [3.63, 3.8) is 0 Å². The van der Waals surface area contributed by atoms with Gasteiger partial charge in [0, 0.05) is 4.88 Å². The highest BCUT2D eigenvalue weighted by molar-refractivity contribution is 7.17. The molecule has 0 saturated carbocycles. The van der Waals surface area contributed by atoms with Crippen LogP contribution in [0.3, 0.4) is 0 Å². The van der Waals surface area contributed by atoms with Gasteiger partial charge in [0.1, 0.15) is 0 Å². The van der Waals surface area contributed by atoms with Gasteiger partial charge in [-0.05, 0) is 32.9 Å². The number of nitrogens with zero attached hydrogens (tertiary/aromatic N) is 1. The molecule has 94 valence electrons. The van der Waals surface area contributed by atoms with Gasteiger partial charge >= 0.3 is 0 Å². The van der Waals surface area contributed by atoms with E-state index in [9.17, 15) is 9.59 Å². The highest BCUT2D eigenvalue weighted by atomic mass is 32.1.